The highest BCUT2D eigenvalue weighted by Crippen LogP contribution is 2.31. The van der Waals surface area contributed by atoms with Crippen LogP contribution in [-0.2, 0) is 11.2 Å². The number of anilines is 1. The van der Waals surface area contributed by atoms with E-state index in [-0.39, 0.29) is 5.91 Å². The van der Waals surface area contributed by atoms with Crippen molar-refractivity contribution in [1.29, 1.82) is 5.26 Å². The van der Waals surface area contributed by atoms with Gasteiger partial charge >= 0.3 is 0 Å². The molecule has 2 rings (SSSR count). The molecule has 4 heteroatoms. The van der Waals surface area contributed by atoms with E-state index in [0.717, 1.165) is 12.1 Å². The molecule has 1 aliphatic rings. The van der Waals surface area contributed by atoms with Crippen molar-refractivity contribution < 1.29 is 4.79 Å². The summed E-state index contributed by atoms with van der Waals surface area (Å²) >= 11 is 1.87. The summed E-state index contributed by atoms with van der Waals surface area (Å²) in [5.41, 5.74) is 2.10. The molecular formula is C14H16N2OS. The van der Waals surface area contributed by atoms with Crippen molar-refractivity contribution in [1.82, 2.24) is 0 Å². The second-order valence-electron chi connectivity index (χ2n) is 4.35. The molecule has 1 aromatic carbocycles. The number of hydrogen-bond donors (Lipinski definition) is 1. The Hall–Kier alpha value is -1.47. The van der Waals surface area contributed by atoms with E-state index in [9.17, 15) is 4.79 Å². The summed E-state index contributed by atoms with van der Waals surface area (Å²) in [4.78, 5) is 13.1. The number of nitrogens with zero attached hydrogens (tertiary/aromatic N) is 1. The molecule has 0 fully saturated rings. The van der Waals surface area contributed by atoms with Crippen molar-refractivity contribution in [2.45, 2.75) is 31.1 Å². The average Bonchev–Trinajstić information content (AvgIpc) is 2.40. The molecule has 1 unspecified atom stereocenters. The smallest absolute Gasteiger partial charge is 0.241 e. The number of carbonyl (C=O) groups is 1. The van der Waals surface area contributed by atoms with Crippen molar-refractivity contribution >= 4 is 23.4 Å². The molecule has 1 aliphatic heterocycles. The maximum atomic E-state index is 11.8. The van der Waals surface area contributed by atoms with E-state index in [1.165, 1.54) is 22.6 Å². The largest absolute Gasteiger partial charge is 0.325 e. The Labute approximate surface area is 112 Å². The number of hydrogen-bond acceptors (Lipinski definition) is 3. The maximum absolute atomic E-state index is 11.8. The number of nitriles is 1. The van der Waals surface area contributed by atoms with Gasteiger partial charge in [0, 0.05) is 10.6 Å². The predicted molar refractivity (Wildman–Crippen MR) is 73.5 cm³/mol. The van der Waals surface area contributed by atoms with Crippen molar-refractivity contribution in [3.05, 3.63) is 23.8 Å². The Bertz CT molecular complexity index is 493. The Morgan fingerprint density at radius 2 is 2.44 bits per heavy atom. The van der Waals surface area contributed by atoms with E-state index >= 15 is 0 Å². The molecule has 0 radical (unpaired) electrons. The van der Waals surface area contributed by atoms with Gasteiger partial charge in [-0.3, -0.25) is 4.79 Å². The van der Waals surface area contributed by atoms with E-state index < -0.39 is 5.92 Å². The van der Waals surface area contributed by atoms with E-state index in [0.29, 0.717) is 6.42 Å². The zero-order valence-corrected chi connectivity index (χ0v) is 11.2. The summed E-state index contributed by atoms with van der Waals surface area (Å²) in [5, 5.41) is 11.7. The average molecular weight is 260 g/mol. The number of fused-ring (bicyclic) bond motifs is 1. The normalized spacial score (nSPS) is 15.3. The van der Waals surface area contributed by atoms with E-state index in [2.05, 4.69) is 11.4 Å². The van der Waals surface area contributed by atoms with Gasteiger partial charge in [0.05, 0.1) is 6.07 Å². The van der Waals surface area contributed by atoms with Gasteiger partial charge in [0.1, 0.15) is 5.92 Å². The van der Waals surface area contributed by atoms with Gasteiger partial charge in [0.15, 0.2) is 0 Å². The molecule has 1 heterocycles. The van der Waals surface area contributed by atoms with Crippen LogP contribution in [-0.4, -0.2) is 11.7 Å². The van der Waals surface area contributed by atoms with Crippen LogP contribution in [0.25, 0.3) is 0 Å². The van der Waals surface area contributed by atoms with Gasteiger partial charge in [-0.05, 0) is 48.8 Å². The fraction of sp³-hybridized carbons (Fsp3) is 0.429. The number of amides is 1. The summed E-state index contributed by atoms with van der Waals surface area (Å²) < 4.78 is 0. The topological polar surface area (TPSA) is 52.9 Å². The van der Waals surface area contributed by atoms with Crippen LogP contribution in [0.4, 0.5) is 5.69 Å². The maximum Gasteiger partial charge on any atom is 0.241 e. The van der Waals surface area contributed by atoms with Gasteiger partial charge in [0.2, 0.25) is 5.91 Å². The first-order valence-corrected chi connectivity index (χ1v) is 7.19. The lowest BCUT2D eigenvalue weighted by Crippen LogP contribution is -2.21. The quantitative estimate of drug-likeness (QED) is 0.908. The highest BCUT2D eigenvalue weighted by Gasteiger charge is 2.16. The summed E-state index contributed by atoms with van der Waals surface area (Å²) in [6, 6.07) is 8.02. The number of nitrogens with one attached hydrogen (secondary N) is 1. The Morgan fingerprint density at radius 3 is 3.17 bits per heavy atom. The Morgan fingerprint density at radius 1 is 1.61 bits per heavy atom. The molecule has 0 spiro atoms. The molecule has 0 aliphatic carbocycles. The van der Waals surface area contributed by atoms with Crippen LogP contribution < -0.4 is 5.32 Å². The van der Waals surface area contributed by atoms with Crippen molar-refractivity contribution in [2.75, 3.05) is 11.1 Å². The third-order valence-electron chi connectivity index (χ3n) is 3.06. The van der Waals surface area contributed by atoms with E-state index in [4.69, 9.17) is 5.26 Å². The molecule has 1 atom stereocenters. The fourth-order valence-corrected chi connectivity index (χ4v) is 3.02. The molecule has 0 saturated heterocycles. The van der Waals surface area contributed by atoms with Crippen LogP contribution in [0.1, 0.15) is 25.3 Å². The molecule has 1 N–H and O–H groups in total. The van der Waals surface area contributed by atoms with E-state index in [1.54, 1.807) is 0 Å². The monoisotopic (exact) mass is 260 g/mol. The number of rotatable bonds is 3. The second-order valence-corrected chi connectivity index (χ2v) is 5.49. The molecule has 1 aromatic rings. The van der Waals surface area contributed by atoms with Crippen molar-refractivity contribution in [3.63, 3.8) is 0 Å². The molecule has 0 aromatic heterocycles. The number of carbonyl (C=O) groups excluding carboxylic acids is 1. The molecular weight excluding hydrogens is 244 g/mol. The SMILES string of the molecule is CCC(C#N)C(=O)Nc1ccc2c(c1)CCCS2. The summed E-state index contributed by atoms with van der Waals surface area (Å²) in [5.74, 6) is 0.407. The minimum atomic E-state index is -0.560. The molecule has 3 nitrogen and oxygen atoms in total. The van der Waals surface area contributed by atoms with Crippen LogP contribution in [0, 0.1) is 17.2 Å². The van der Waals surface area contributed by atoms with Gasteiger partial charge in [0.25, 0.3) is 0 Å². The lowest BCUT2D eigenvalue weighted by molar-refractivity contribution is -0.118. The van der Waals surface area contributed by atoms with Crippen molar-refractivity contribution in [3.8, 4) is 6.07 Å². The molecule has 0 bridgehead atoms. The molecule has 94 valence electrons. The summed E-state index contributed by atoms with van der Waals surface area (Å²) in [7, 11) is 0. The predicted octanol–water partition coefficient (Wildman–Crippen LogP) is 3.21. The third kappa shape index (κ3) is 2.85. The summed E-state index contributed by atoms with van der Waals surface area (Å²) in [6.07, 6.45) is 2.80. The molecule has 18 heavy (non-hydrogen) atoms. The standard InChI is InChI=1S/C14H16N2OS/c1-2-10(9-15)14(17)16-12-5-6-13-11(8-12)4-3-7-18-13/h5-6,8,10H,2-4,7H2,1H3,(H,16,17). The fourth-order valence-electron chi connectivity index (χ4n) is 2.00. The second kappa shape index (κ2) is 5.92. The van der Waals surface area contributed by atoms with Gasteiger partial charge in [-0.2, -0.15) is 5.26 Å². The zero-order valence-electron chi connectivity index (χ0n) is 10.4. The lowest BCUT2D eigenvalue weighted by atomic mass is 10.1. The number of aryl methyl sites for hydroxylation is 1. The van der Waals surface area contributed by atoms with Crippen LogP contribution >= 0.6 is 11.8 Å². The number of thioether (sulfide) groups is 1. The highest BCUT2D eigenvalue weighted by atomic mass is 32.2. The minimum absolute atomic E-state index is 0.205. The Balaban J connectivity index is 2.11. The van der Waals surface area contributed by atoms with Gasteiger partial charge < -0.3 is 5.32 Å². The van der Waals surface area contributed by atoms with Gasteiger partial charge in [-0.25, -0.2) is 0 Å². The Kier molecular flexibility index (Phi) is 4.27. The van der Waals surface area contributed by atoms with Crippen LogP contribution in [0.5, 0.6) is 0 Å². The van der Waals surface area contributed by atoms with Crippen LogP contribution in [0.2, 0.25) is 0 Å². The third-order valence-corrected chi connectivity index (χ3v) is 4.26. The van der Waals surface area contributed by atoms with Gasteiger partial charge in [-0.15, -0.1) is 11.8 Å². The van der Waals surface area contributed by atoms with E-state index in [1.807, 2.05) is 36.9 Å². The van der Waals surface area contributed by atoms with Gasteiger partial charge in [-0.1, -0.05) is 6.92 Å². The zero-order chi connectivity index (χ0) is 13.0. The minimum Gasteiger partial charge on any atom is -0.325 e. The number of benzene rings is 1. The van der Waals surface area contributed by atoms with Crippen LogP contribution in [0.15, 0.2) is 23.1 Å². The first-order chi connectivity index (χ1) is 8.74. The van der Waals surface area contributed by atoms with Crippen molar-refractivity contribution in [2.24, 2.45) is 5.92 Å². The molecule has 0 saturated carbocycles. The first-order valence-electron chi connectivity index (χ1n) is 6.20. The summed E-state index contributed by atoms with van der Waals surface area (Å²) in [6.45, 7) is 1.84. The lowest BCUT2D eigenvalue weighted by Gasteiger charge is -2.16. The molecule has 1 amide bonds. The van der Waals surface area contributed by atoms with Crippen LogP contribution in [0.3, 0.4) is 0 Å². The highest BCUT2D eigenvalue weighted by molar-refractivity contribution is 7.99. The first kappa shape index (κ1) is 13.0.